The summed E-state index contributed by atoms with van der Waals surface area (Å²) in [6.45, 7) is 4.79. The molecule has 152 valence electrons. The number of hydrogen-bond donors (Lipinski definition) is 1. The summed E-state index contributed by atoms with van der Waals surface area (Å²) in [7, 11) is 0. The van der Waals surface area contributed by atoms with Crippen LogP contribution in [0.3, 0.4) is 0 Å². The first-order valence-corrected chi connectivity index (χ1v) is 9.94. The van der Waals surface area contributed by atoms with Crippen LogP contribution < -0.4 is 14.8 Å². The van der Waals surface area contributed by atoms with Gasteiger partial charge in [0, 0.05) is 16.3 Å². The third kappa shape index (κ3) is 4.91. The number of carbonyl (C=O) groups excluding carboxylic acids is 1. The number of halogens is 1. The third-order valence-corrected chi connectivity index (χ3v) is 4.61. The summed E-state index contributed by atoms with van der Waals surface area (Å²) in [5.74, 6) is 0.781. The Labute approximate surface area is 180 Å². The van der Waals surface area contributed by atoms with E-state index in [-0.39, 0.29) is 5.57 Å². The monoisotopic (exact) mass is 420 g/mol. The van der Waals surface area contributed by atoms with Crippen LogP contribution in [0, 0.1) is 11.3 Å². The van der Waals surface area contributed by atoms with Crippen LogP contribution in [0.4, 0.5) is 5.69 Å². The van der Waals surface area contributed by atoms with Crippen molar-refractivity contribution in [3.05, 3.63) is 70.8 Å². The van der Waals surface area contributed by atoms with Gasteiger partial charge in [-0.1, -0.05) is 23.7 Å². The topological polar surface area (TPSA) is 71.3 Å². The molecule has 0 fully saturated rings. The maximum atomic E-state index is 12.7. The second-order valence-electron chi connectivity index (χ2n) is 6.36. The van der Waals surface area contributed by atoms with Crippen LogP contribution in [0.1, 0.15) is 19.4 Å². The Hall–Kier alpha value is -3.49. The molecule has 1 N–H and O–H groups in total. The summed E-state index contributed by atoms with van der Waals surface area (Å²) in [5, 5.41) is 14.7. The molecule has 0 radical (unpaired) electrons. The van der Waals surface area contributed by atoms with Crippen LogP contribution in [-0.4, -0.2) is 19.1 Å². The van der Waals surface area contributed by atoms with Gasteiger partial charge in [0.15, 0.2) is 0 Å². The van der Waals surface area contributed by atoms with Gasteiger partial charge in [-0.25, -0.2) is 0 Å². The SMILES string of the molecule is CCOc1ccc2ccc(OCC)c(/C=C(/C#N)C(=O)Nc3ccc(Cl)cc3)c2c1. The molecule has 0 aliphatic heterocycles. The molecule has 5 nitrogen and oxygen atoms in total. The Bertz CT molecular complexity index is 1130. The van der Waals surface area contributed by atoms with Crippen LogP contribution in [-0.2, 0) is 4.79 Å². The zero-order chi connectivity index (χ0) is 21.5. The minimum Gasteiger partial charge on any atom is -0.494 e. The van der Waals surface area contributed by atoms with Crippen LogP contribution >= 0.6 is 11.6 Å². The van der Waals surface area contributed by atoms with Crippen molar-refractivity contribution < 1.29 is 14.3 Å². The first-order chi connectivity index (χ1) is 14.5. The third-order valence-electron chi connectivity index (χ3n) is 4.36. The fraction of sp³-hybridized carbons (Fsp3) is 0.167. The van der Waals surface area contributed by atoms with Crippen molar-refractivity contribution in [1.82, 2.24) is 0 Å². The quantitative estimate of drug-likeness (QED) is 0.385. The smallest absolute Gasteiger partial charge is 0.266 e. The van der Waals surface area contributed by atoms with E-state index in [2.05, 4.69) is 5.32 Å². The minimum absolute atomic E-state index is 0.0415. The number of anilines is 1. The van der Waals surface area contributed by atoms with Gasteiger partial charge in [-0.15, -0.1) is 0 Å². The largest absolute Gasteiger partial charge is 0.494 e. The second-order valence-corrected chi connectivity index (χ2v) is 6.79. The van der Waals surface area contributed by atoms with Gasteiger partial charge in [0.1, 0.15) is 23.1 Å². The van der Waals surface area contributed by atoms with Gasteiger partial charge in [0.05, 0.1) is 13.2 Å². The van der Waals surface area contributed by atoms with E-state index in [9.17, 15) is 10.1 Å². The number of fused-ring (bicyclic) bond motifs is 1. The molecule has 1 amide bonds. The highest BCUT2D eigenvalue weighted by molar-refractivity contribution is 6.30. The van der Waals surface area contributed by atoms with Crippen molar-refractivity contribution in [2.45, 2.75) is 13.8 Å². The Balaban J connectivity index is 2.06. The van der Waals surface area contributed by atoms with Crippen molar-refractivity contribution >= 4 is 40.0 Å². The van der Waals surface area contributed by atoms with Gasteiger partial charge in [-0.05, 0) is 73.2 Å². The number of nitrogens with zero attached hydrogens (tertiary/aromatic N) is 1. The molecule has 6 heteroatoms. The molecule has 0 aliphatic rings. The van der Waals surface area contributed by atoms with Gasteiger partial charge >= 0.3 is 0 Å². The molecule has 3 aromatic rings. The van der Waals surface area contributed by atoms with Gasteiger partial charge in [0.2, 0.25) is 0 Å². The lowest BCUT2D eigenvalue weighted by Gasteiger charge is -2.13. The number of nitrogens with one attached hydrogen (secondary N) is 1. The Morgan fingerprint density at radius 2 is 1.77 bits per heavy atom. The molecular weight excluding hydrogens is 400 g/mol. The molecule has 0 bridgehead atoms. The molecule has 0 saturated heterocycles. The fourth-order valence-corrected chi connectivity index (χ4v) is 3.14. The van der Waals surface area contributed by atoms with E-state index in [0.29, 0.717) is 41.0 Å². The molecular formula is C24H21ClN2O3. The molecule has 0 unspecified atom stereocenters. The Morgan fingerprint density at radius 3 is 2.43 bits per heavy atom. The molecule has 30 heavy (non-hydrogen) atoms. The summed E-state index contributed by atoms with van der Waals surface area (Å²) in [5.41, 5.74) is 1.16. The predicted molar refractivity (Wildman–Crippen MR) is 120 cm³/mol. The number of rotatable bonds is 7. The summed E-state index contributed by atoms with van der Waals surface area (Å²) in [6, 6.07) is 18.2. The second kappa shape index (κ2) is 9.82. The Morgan fingerprint density at radius 1 is 1.07 bits per heavy atom. The van der Waals surface area contributed by atoms with Crippen molar-refractivity contribution in [2.24, 2.45) is 0 Å². The molecule has 0 aromatic heterocycles. The lowest BCUT2D eigenvalue weighted by atomic mass is 10.0. The van der Waals surface area contributed by atoms with Gasteiger partial charge < -0.3 is 14.8 Å². The number of carbonyl (C=O) groups is 1. The molecule has 3 aromatic carbocycles. The highest BCUT2D eigenvalue weighted by atomic mass is 35.5. The summed E-state index contributed by atoms with van der Waals surface area (Å²) in [4.78, 5) is 12.7. The number of ether oxygens (including phenoxy) is 2. The van der Waals surface area contributed by atoms with Crippen LogP contribution in [0.15, 0.2) is 60.2 Å². The van der Waals surface area contributed by atoms with E-state index in [1.54, 1.807) is 30.3 Å². The maximum absolute atomic E-state index is 12.7. The summed E-state index contributed by atoms with van der Waals surface area (Å²) in [6.07, 6.45) is 1.55. The van der Waals surface area contributed by atoms with Crippen LogP contribution in [0.5, 0.6) is 11.5 Å². The lowest BCUT2D eigenvalue weighted by Crippen LogP contribution is -2.13. The standard InChI is InChI=1S/C24H21ClN2O3/c1-3-29-20-11-5-16-6-12-23(30-4-2)22(21(16)14-20)13-17(15-26)24(28)27-19-9-7-18(25)8-10-19/h5-14H,3-4H2,1-2H3,(H,27,28)/b17-13-. The lowest BCUT2D eigenvalue weighted by molar-refractivity contribution is -0.112. The first-order valence-electron chi connectivity index (χ1n) is 9.56. The van der Waals surface area contributed by atoms with Crippen molar-refractivity contribution in [2.75, 3.05) is 18.5 Å². The first kappa shape index (κ1) is 21.2. The van der Waals surface area contributed by atoms with Crippen LogP contribution in [0.2, 0.25) is 5.02 Å². The van der Waals surface area contributed by atoms with E-state index in [1.165, 1.54) is 0 Å². The predicted octanol–water partition coefficient (Wildman–Crippen LogP) is 5.84. The summed E-state index contributed by atoms with van der Waals surface area (Å²) < 4.78 is 11.4. The maximum Gasteiger partial charge on any atom is 0.266 e. The number of nitriles is 1. The fourth-order valence-electron chi connectivity index (χ4n) is 3.01. The Kier molecular flexibility index (Phi) is 6.95. The highest BCUT2D eigenvalue weighted by Crippen LogP contribution is 2.33. The average molecular weight is 421 g/mol. The molecule has 3 rings (SSSR count). The van der Waals surface area contributed by atoms with E-state index in [1.807, 2.05) is 50.2 Å². The number of amides is 1. The highest BCUT2D eigenvalue weighted by Gasteiger charge is 2.14. The minimum atomic E-state index is -0.514. The van der Waals surface area contributed by atoms with E-state index in [0.717, 1.165) is 10.8 Å². The average Bonchev–Trinajstić information content (AvgIpc) is 2.75. The molecule has 0 aliphatic carbocycles. The zero-order valence-corrected chi connectivity index (χ0v) is 17.5. The molecule has 0 saturated carbocycles. The van der Waals surface area contributed by atoms with E-state index >= 15 is 0 Å². The normalized spacial score (nSPS) is 11.1. The van der Waals surface area contributed by atoms with Gasteiger partial charge in [0.25, 0.3) is 5.91 Å². The number of benzene rings is 3. The van der Waals surface area contributed by atoms with Gasteiger partial charge in [-0.2, -0.15) is 5.26 Å². The number of hydrogen-bond acceptors (Lipinski definition) is 4. The van der Waals surface area contributed by atoms with Crippen molar-refractivity contribution in [1.29, 1.82) is 5.26 Å². The van der Waals surface area contributed by atoms with Gasteiger partial charge in [-0.3, -0.25) is 4.79 Å². The van der Waals surface area contributed by atoms with E-state index in [4.69, 9.17) is 21.1 Å². The van der Waals surface area contributed by atoms with E-state index < -0.39 is 5.91 Å². The molecule has 0 spiro atoms. The zero-order valence-electron chi connectivity index (χ0n) is 16.7. The van der Waals surface area contributed by atoms with Crippen molar-refractivity contribution in [3.8, 4) is 17.6 Å². The summed E-state index contributed by atoms with van der Waals surface area (Å²) >= 11 is 5.88. The molecule has 0 heterocycles. The van der Waals surface area contributed by atoms with Crippen LogP contribution in [0.25, 0.3) is 16.8 Å². The molecule has 0 atom stereocenters. The van der Waals surface area contributed by atoms with Crippen molar-refractivity contribution in [3.63, 3.8) is 0 Å².